The third-order valence-electron chi connectivity index (χ3n) is 5.48. The Hall–Kier alpha value is -2.82. The number of rotatable bonds is 4. The van der Waals surface area contributed by atoms with Gasteiger partial charge in [0.15, 0.2) is 0 Å². The first-order valence-electron chi connectivity index (χ1n) is 9.60. The molecule has 2 aromatic carbocycles. The number of carbonyl (C=O) groups is 2. The SMILES string of the molecule is CCNC(=O)[C@@H]1CCCN1C(=O)OCC1c2ccccc2-c2ccccc21. The van der Waals surface area contributed by atoms with Crippen LogP contribution in [0.2, 0.25) is 0 Å². The van der Waals surface area contributed by atoms with Crippen LogP contribution in [0, 0.1) is 0 Å². The molecule has 1 aliphatic carbocycles. The molecule has 0 saturated carbocycles. The predicted molar refractivity (Wildman–Crippen MR) is 103 cm³/mol. The molecule has 1 saturated heterocycles. The fourth-order valence-corrected chi connectivity index (χ4v) is 4.23. The quantitative estimate of drug-likeness (QED) is 0.903. The molecule has 1 N–H and O–H groups in total. The zero-order chi connectivity index (χ0) is 18.8. The second-order valence-electron chi connectivity index (χ2n) is 7.05. The minimum absolute atomic E-state index is 0.0341. The molecule has 0 bridgehead atoms. The van der Waals surface area contributed by atoms with E-state index in [2.05, 4.69) is 29.6 Å². The Balaban J connectivity index is 1.49. The molecule has 0 spiro atoms. The van der Waals surface area contributed by atoms with Gasteiger partial charge in [0, 0.05) is 19.0 Å². The summed E-state index contributed by atoms with van der Waals surface area (Å²) in [4.78, 5) is 26.4. The molecule has 4 rings (SSSR count). The number of fused-ring (bicyclic) bond motifs is 3. The van der Waals surface area contributed by atoms with E-state index >= 15 is 0 Å². The van der Waals surface area contributed by atoms with Crippen LogP contribution in [0.3, 0.4) is 0 Å². The third kappa shape index (κ3) is 3.18. The molecule has 1 atom stereocenters. The lowest BCUT2D eigenvalue weighted by molar-refractivity contribution is -0.125. The van der Waals surface area contributed by atoms with Crippen LogP contribution in [0.4, 0.5) is 4.79 Å². The number of likely N-dealkylation sites (N-methyl/N-ethyl adjacent to an activating group) is 1. The van der Waals surface area contributed by atoms with Crippen LogP contribution in [-0.2, 0) is 9.53 Å². The summed E-state index contributed by atoms with van der Waals surface area (Å²) >= 11 is 0. The van der Waals surface area contributed by atoms with E-state index in [1.807, 2.05) is 31.2 Å². The van der Waals surface area contributed by atoms with Gasteiger partial charge in [-0.2, -0.15) is 0 Å². The smallest absolute Gasteiger partial charge is 0.410 e. The van der Waals surface area contributed by atoms with Gasteiger partial charge in [-0.3, -0.25) is 9.69 Å². The average Bonchev–Trinajstić information content (AvgIpc) is 3.30. The largest absolute Gasteiger partial charge is 0.448 e. The second-order valence-corrected chi connectivity index (χ2v) is 7.05. The van der Waals surface area contributed by atoms with Crippen LogP contribution in [0.15, 0.2) is 48.5 Å². The Morgan fingerprint density at radius 3 is 2.33 bits per heavy atom. The minimum atomic E-state index is -0.416. The summed E-state index contributed by atoms with van der Waals surface area (Å²) in [6.45, 7) is 3.29. The van der Waals surface area contributed by atoms with Gasteiger partial charge in [0.1, 0.15) is 12.6 Å². The lowest BCUT2D eigenvalue weighted by atomic mass is 9.98. The molecule has 0 aromatic heterocycles. The van der Waals surface area contributed by atoms with Crippen molar-refractivity contribution in [3.63, 3.8) is 0 Å². The van der Waals surface area contributed by atoms with Gasteiger partial charge in [-0.1, -0.05) is 48.5 Å². The summed E-state index contributed by atoms with van der Waals surface area (Å²) in [5.74, 6) is -0.0598. The summed E-state index contributed by atoms with van der Waals surface area (Å²) in [5.41, 5.74) is 4.78. The number of likely N-dealkylation sites (tertiary alicyclic amines) is 1. The normalized spacial score (nSPS) is 18.1. The van der Waals surface area contributed by atoms with Gasteiger partial charge in [0.2, 0.25) is 5.91 Å². The number of benzene rings is 2. The van der Waals surface area contributed by atoms with E-state index < -0.39 is 12.1 Å². The van der Waals surface area contributed by atoms with Crippen LogP contribution in [0.5, 0.6) is 0 Å². The number of nitrogens with one attached hydrogen (secondary N) is 1. The van der Waals surface area contributed by atoms with E-state index in [0.29, 0.717) is 19.5 Å². The monoisotopic (exact) mass is 364 g/mol. The lowest BCUT2D eigenvalue weighted by Crippen LogP contribution is -2.46. The van der Waals surface area contributed by atoms with Crippen molar-refractivity contribution < 1.29 is 14.3 Å². The summed E-state index contributed by atoms with van der Waals surface area (Å²) in [6, 6.07) is 16.1. The maximum absolute atomic E-state index is 12.7. The Labute approximate surface area is 159 Å². The number of hydrogen-bond donors (Lipinski definition) is 1. The number of nitrogens with zero attached hydrogens (tertiary/aromatic N) is 1. The van der Waals surface area contributed by atoms with Crippen LogP contribution in [0.1, 0.15) is 36.8 Å². The average molecular weight is 364 g/mol. The topological polar surface area (TPSA) is 58.6 Å². The van der Waals surface area contributed by atoms with E-state index in [9.17, 15) is 9.59 Å². The maximum Gasteiger partial charge on any atom is 0.410 e. The zero-order valence-corrected chi connectivity index (χ0v) is 15.5. The molecule has 5 heteroatoms. The van der Waals surface area contributed by atoms with Gasteiger partial charge >= 0.3 is 6.09 Å². The van der Waals surface area contributed by atoms with Gasteiger partial charge in [-0.05, 0) is 42.0 Å². The van der Waals surface area contributed by atoms with Crippen LogP contribution < -0.4 is 5.32 Å². The van der Waals surface area contributed by atoms with Crippen molar-refractivity contribution in [1.82, 2.24) is 10.2 Å². The molecule has 27 heavy (non-hydrogen) atoms. The lowest BCUT2D eigenvalue weighted by Gasteiger charge is -2.24. The van der Waals surface area contributed by atoms with Crippen LogP contribution in [-0.4, -0.2) is 42.6 Å². The van der Waals surface area contributed by atoms with Crippen molar-refractivity contribution in [2.45, 2.75) is 31.7 Å². The van der Waals surface area contributed by atoms with Crippen molar-refractivity contribution >= 4 is 12.0 Å². The summed E-state index contributed by atoms with van der Waals surface area (Å²) in [5, 5.41) is 2.81. The molecule has 2 amide bonds. The number of amides is 2. The van der Waals surface area contributed by atoms with Gasteiger partial charge in [0.25, 0.3) is 0 Å². The fourth-order valence-electron chi connectivity index (χ4n) is 4.23. The fraction of sp³-hybridized carbons (Fsp3) is 0.364. The molecule has 2 aromatic rings. The van der Waals surface area contributed by atoms with E-state index in [-0.39, 0.29) is 18.4 Å². The molecule has 5 nitrogen and oxygen atoms in total. The molecule has 1 heterocycles. The molecular weight excluding hydrogens is 340 g/mol. The van der Waals surface area contributed by atoms with Crippen molar-refractivity contribution in [3.8, 4) is 11.1 Å². The standard InChI is InChI=1S/C22H24N2O3/c1-2-23-21(25)20-12-7-13-24(20)22(26)27-14-19-17-10-5-3-8-15(17)16-9-4-6-11-18(16)19/h3-6,8-11,19-20H,2,7,12-14H2,1H3,(H,23,25)/t20-/m0/s1. The molecular formula is C22H24N2O3. The number of hydrogen-bond acceptors (Lipinski definition) is 3. The molecule has 2 aliphatic rings. The Kier molecular flexibility index (Phi) is 4.84. The Bertz CT molecular complexity index is 819. The number of carbonyl (C=O) groups excluding carboxylic acids is 2. The van der Waals surface area contributed by atoms with Gasteiger partial charge < -0.3 is 10.1 Å². The maximum atomic E-state index is 12.7. The van der Waals surface area contributed by atoms with Crippen molar-refractivity contribution in [2.75, 3.05) is 19.7 Å². The summed E-state index contributed by atoms with van der Waals surface area (Å²) in [7, 11) is 0. The van der Waals surface area contributed by atoms with Crippen molar-refractivity contribution in [1.29, 1.82) is 0 Å². The van der Waals surface area contributed by atoms with Crippen molar-refractivity contribution in [3.05, 3.63) is 59.7 Å². The van der Waals surface area contributed by atoms with Crippen LogP contribution >= 0.6 is 0 Å². The summed E-state index contributed by atoms with van der Waals surface area (Å²) < 4.78 is 5.69. The highest BCUT2D eigenvalue weighted by atomic mass is 16.6. The van der Waals surface area contributed by atoms with E-state index in [4.69, 9.17) is 4.74 Å². The summed E-state index contributed by atoms with van der Waals surface area (Å²) in [6.07, 6.45) is 1.12. The zero-order valence-electron chi connectivity index (χ0n) is 15.5. The van der Waals surface area contributed by atoms with E-state index in [1.54, 1.807) is 4.90 Å². The molecule has 140 valence electrons. The molecule has 0 radical (unpaired) electrons. The highest BCUT2D eigenvalue weighted by Crippen LogP contribution is 2.44. The van der Waals surface area contributed by atoms with Gasteiger partial charge in [0.05, 0.1) is 0 Å². The first-order valence-corrected chi connectivity index (χ1v) is 9.60. The predicted octanol–water partition coefficient (Wildman–Crippen LogP) is 3.54. The van der Waals surface area contributed by atoms with Gasteiger partial charge in [-0.15, -0.1) is 0 Å². The Morgan fingerprint density at radius 1 is 1.07 bits per heavy atom. The molecule has 1 aliphatic heterocycles. The Morgan fingerprint density at radius 2 is 1.70 bits per heavy atom. The minimum Gasteiger partial charge on any atom is -0.448 e. The molecule has 0 unspecified atom stereocenters. The number of ether oxygens (including phenoxy) is 1. The molecule has 1 fully saturated rings. The van der Waals surface area contributed by atoms with E-state index in [1.165, 1.54) is 22.3 Å². The van der Waals surface area contributed by atoms with Gasteiger partial charge in [-0.25, -0.2) is 4.79 Å². The highest BCUT2D eigenvalue weighted by Gasteiger charge is 2.36. The first-order chi connectivity index (χ1) is 13.2. The third-order valence-corrected chi connectivity index (χ3v) is 5.48. The van der Waals surface area contributed by atoms with Crippen molar-refractivity contribution in [2.24, 2.45) is 0 Å². The first kappa shape index (κ1) is 17.6. The van der Waals surface area contributed by atoms with E-state index in [0.717, 1.165) is 6.42 Å². The van der Waals surface area contributed by atoms with Crippen LogP contribution in [0.25, 0.3) is 11.1 Å². The highest BCUT2D eigenvalue weighted by molar-refractivity contribution is 5.86. The second kappa shape index (κ2) is 7.43.